The van der Waals surface area contributed by atoms with Crippen LogP contribution >= 0.6 is 35.3 Å². The van der Waals surface area contributed by atoms with E-state index in [1.54, 1.807) is 25.5 Å². The summed E-state index contributed by atoms with van der Waals surface area (Å²) in [6.07, 6.45) is 2.55. The number of halogens is 1. The summed E-state index contributed by atoms with van der Waals surface area (Å²) in [5.41, 5.74) is 1.03. The number of hydrogen-bond acceptors (Lipinski definition) is 4. The van der Waals surface area contributed by atoms with E-state index in [9.17, 15) is 0 Å². The highest BCUT2D eigenvalue weighted by atomic mass is 127. The lowest BCUT2D eigenvalue weighted by Gasteiger charge is -2.09. The minimum Gasteiger partial charge on any atom is -0.375 e. The van der Waals surface area contributed by atoms with Gasteiger partial charge in [0.1, 0.15) is 11.1 Å². The molecule has 0 bridgehead atoms. The Labute approximate surface area is 135 Å². The summed E-state index contributed by atoms with van der Waals surface area (Å²) in [5, 5.41) is 9.68. The van der Waals surface area contributed by atoms with Gasteiger partial charge in [0, 0.05) is 25.6 Å². The Morgan fingerprint density at radius 1 is 1.63 bits per heavy atom. The molecule has 1 unspecified atom stereocenters. The molecule has 0 saturated heterocycles. The minimum absolute atomic E-state index is 0. The van der Waals surface area contributed by atoms with Crippen molar-refractivity contribution >= 4 is 41.3 Å². The summed E-state index contributed by atoms with van der Waals surface area (Å²) in [7, 11) is 3.49. The van der Waals surface area contributed by atoms with Crippen molar-refractivity contribution in [1.82, 2.24) is 15.6 Å². The van der Waals surface area contributed by atoms with E-state index in [-0.39, 0.29) is 30.1 Å². The van der Waals surface area contributed by atoms with Crippen LogP contribution in [0.25, 0.3) is 0 Å². The molecule has 1 fully saturated rings. The molecular formula is C12H21IN4OS. The van der Waals surface area contributed by atoms with Crippen molar-refractivity contribution in [3.8, 4) is 0 Å². The summed E-state index contributed by atoms with van der Waals surface area (Å²) in [6, 6.07) is 0.607. The van der Waals surface area contributed by atoms with Crippen molar-refractivity contribution in [2.45, 2.75) is 38.5 Å². The highest BCUT2D eigenvalue weighted by Gasteiger charge is 2.22. The Kier molecular flexibility index (Phi) is 7.01. The average molecular weight is 396 g/mol. The van der Waals surface area contributed by atoms with E-state index in [1.807, 2.05) is 6.92 Å². The molecule has 1 saturated carbocycles. The maximum atomic E-state index is 5.25. The van der Waals surface area contributed by atoms with E-state index in [4.69, 9.17) is 4.74 Å². The molecule has 2 N–H and O–H groups in total. The van der Waals surface area contributed by atoms with Crippen LogP contribution in [0.3, 0.4) is 0 Å². The van der Waals surface area contributed by atoms with Gasteiger partial charge in [-0.2, -0.15) is 0 Å². The molecule has 0 spiro atoms. The molecule has 108 valence electrons. The molecule has 19 heavy (non-hydrogen) atoms. The maximum Gasteiger partial charge on any atom is 0.191 e. The van der Waals surface area contributed by atoms with E-state index >= 15 is 0 Å². The molecule has 1 aliphatic rings. The second-order valence-corrected chi connectivity index (χ2v) is 5.29. The Morgan fingerprint density at radius 3 is 2.95 bits per heavy atom. The lowest BCUT2D eigenvalue weighted by Crippen LogP contribution is -2.38. The van der Waals surface area contributed by atoms with Crippen molar-refractivity contribution in [3.63, 3.8) is 0 Å². The van der Waals surface area contributed by atoms with Crippen molar-refractivity contribution in [1.29, 1.82) is 0 Å². The number of ether oxygens (including phenoxy) is 1. The van der Waals surface area contributed by atoms with E-state index in [2.05, 4.69) is 26.0 Å². The lowest BCUT2D eigenvalue weighted by atomic mass is 10.4. The maximum absolute atomic E-state index is 5.25. The van der Waals surface area contributed by atoms with Crippen molar-refractivity contribution < 1.29 is 4.74 Å². The molecule has 1 aromatic rings. The van der Waals surface area contributed by atoms with Gasteiger partial charge in [-0.1, -0.05) is 0 Å². The first-order valence-corrected chi connectivity index (χ1v) is 7.05. The van der Waals surface area contributed by atoms with Crippen LogP contribution in [0.4, 0.5) is 0 Å². The Balaban J connectivity index is 0.00000180. The predicted octanol–water partition coefficient (Wildman–Crippen LogP) is 2.30. The Bertz CT molecular complexity index is 420. The Morgan fingerprint density at radius 2 is 2.37 bits per heavy atom. The number of nitrogens with zero attached hydrogens (tertiary/aromatic N) is 2. The zero-order chi connectivity index (χ0) is 13.0. The molecule has 1 aliphatic carbocycles. The van der Waals surface area contributed by atoms with Crippen LogP contribution in [-0.4, -0.2) is 31.1 Å². The van der Waals surface area contributed by atoms with Crippen LogP contribution in [0, 0.1) is 0 Å². The van der Waals surface area contributed by atoms with Gasteiger partial charge in [0.15, 0.2) is 5.96 Å². The van der Waals surface area contributed by atoms with Crippen LogP contribution in [0.2, 0.25) is 0 Å². The summed E-state index contributed by atoms with van der Waals surface area (Å²) < 4.78 is 5.25. The number of thiazole rings is 1. The number of aliphatic imine (C=N–C) groups is 1. The fourth-order valence-corrected chi connectivity index (χ4v) is 2.33. The van der Waals surface area contributed by atoms with Crippen molar-refractivity contribution in [2.24, 2.45) is 4.99 Å². The quantitative estimate of drug-likeness (QED) is 0.456. The molecule has 1 aromatic heterocycles. The van der Waals surface area contributed by atoms with Crippen LogP contribution in [0.1, 0.15) is 36.6 Å². The standard InChI is InChI=1S/C12H20N4OS.HI/c1-8(17-3)11-15-10(7-18-11)6-14-12(13-2)16-9-4-5-9;/h7-9H,4-6H2,1-3H3,(H2,13,14,16);1H. The number of rotatable bonds is 5. The summed E-state index contributed by atoms with van der Waals surface area (Å²) >= 11 is 1.63. The van der Waals surface area contributed by atoms with E-state index < -0.39 is 0 Å². The van der Waals surface area contributed by atoms with Crippen LogP contribution in [0.5, 0.6) is 0 Å². The van der Waals surface area contributed by atoms with E-state index in [1.165, 1.54) is 12.8 Å². The molecule has 2 rings (SSSR count). The highest BCUT2D eigenvalue weighted by Crippen LogP contribution is 2.20. The zero-order valence-electron chi connectivity index (χ0n) is 11.5. The van der Waals surface area contributed by atoms with Gasteiger partial charge in [-0.25, -0.2) is 4.98 Å². The summed E-state index contributed by atoms with van der Waals surface area (Å²) in [4.78, 5) is 8.72. The molecule has 0 aliphatic heterocycles. The summed E-state index contributed by atoms with van der Waals surface area (Å²) in [6.45, 7) is 2.70. The third-order valence-corrected chi connectivity index (χ3v) is 3.90. The van der Waals surface area contributed by atoms with Gasteiger partial charge >= 0.3 is 0 Å². The van der Waals surface area contributed by atoms with E-state index in [0.29, 0.717) is 12.6 Å². The molecule has 0 aromatic carbocycles. The number of guanidine groups is 1. The number of aromatic nitrogens is 1. The number of nitrogens with one attached hydrogen (secondary N) is 2. The lowest BCUT2D eigenvalue weighted by molar-refractivity contribution is 0.119. The topological polar surface area (TPSA) is 58.5 Å². The van der Waals surface area contributed by atoms with Gasteiger partial charge in [-0.15, -0.1) is 35.3 Å². The molecule has 7 heteroatoms. The molecule has 0 amide bonds. The van der Waals surface area contributed by atoms with Gasteiger partial charge in [-0.05, 0) is 19.8 Å². The first kappa shape index (κ1) is 16.6. The van der Waals surface area contributed by atoms with Crippen molar-refractivity contribution in [2.75, 3.05) is 14.2 Å². The first-order valence-electron chi connectivity index (χ1n) is 6.17. The van der Waals surface area contributed by atoms with Gasteiger partial charge in [0.05, 0.1) is 12.2 Å². The zero-order valence-corrected chi connectivity index (χ0v) is 14.6. The molecule has 0 radical (unpaired) electrons. The normalized spacial score (nSPS) is 16.7. The average Bonchev–Trinajstić information content (AvgIpc) is 3.09. The van der Waals surface area contributed by atoms with Gasteiger partial charge < -0.3 is 15.4 Å². The predicted molar refractivity (Wildman–Crippen MR) is 89.3 cm³/mol. The fourth-order valence-electron chi connectivity index (χ4n) is 1.48. The van der Waals surface area contributed by atoms with Gasteiger partial charge in [-0.3, -0.25) is 4.99 Å². The molecule has 5 nitrogen and oxygen atoms in total. The smallest absolute Gasteiger partial charge is 0.191 e. The number of methoxy groups -OCH3 is 1. The van der Waals surface area contributed by atoms with Crippen LogP contribution in [0.15, 0.2) is 10.4 Å². The monoisotopic (exact) mass is 396 g/mol. The third-order valence-electron chi connectivity index (χ3n) is 2.85. The fraction of sp³-hybridized carbons (Fsp3) is 0.667. The molecular weight excluding hydrogens is 375 g/mol. The van der Waals surface area contributed by atoms with Crippen LogP contribution < -0.4 is 10.6 Å². The second-order valence-electron chi connectivity index (χ2n) is 4.40. The van der Waals surface area contributed by atoms with Crippen LogP contribution in [-0.2, 0) is 11.3 Å². The highest BCUT2D eigenvalue weighted by molar-refractivity contribution is 14.0. The van der Waals surface area contributed by atoms with E-state index in [0.717, 1.165) is 16.7 Å². The molecule has 1 atom stereocenters. The SMILES string of the molecule is CN=C(NCc1csc(C(C)OC)n1)NC1CC1.I. The molecule has 1 heterocycles. The van der Waals surface area contributed by atoms with Gasteiger partial charge in [0.2, 0.25) is 0 Å². The minimum atomic E-state index is 0. The summed E-state index contributed by atoms with van der Waals surface area (Å²) in [5.74, 6) is 0.854. The number of hydrogen-bond donors (Lipinski definition) is 2. The Hall–Kier alpha value is -0.410. The van der Waals surface area contributed by atoms with Gasteiger partial charge in [0.25, 0.3) is 0 Å². The largest absolute Gasteiger partial charge is 0.375 e. The first-order chi connectivity index (χ1) is 8.72. The third kappa shape index (κ3) is 5.23. The van der Waals surface area contributed by atoms with Crippen molar-refractivity contribution in [3.05, 3.63) is 16.1 Å². The second kappa shape index (κ2) is 8.01.